The van der Waals surface area contributed by atoms with Crippen molar-refractivity contribution in [1.29, 1.82) is 0 Å². The molecule has 8 nitrogen and oxygen atoms in total. The second kappa shape index (κ2) is 9.32. The molecule has 4 rings (SSSR count). The molecule has 164 valence electrons. The van der Waals surface area contributed by atoms with Crippen LogP contribution >= 0.6 is 0 Å². The van der Waals surface area contributed by atoms with Crippen LogP contribution in [0.2, 0.25) is 0 Å². The maximum atomic E-state index is 12.3. The molecule has 2 fully saturated rings. The molecule has 4 atom stereocenters. The SMILES string of the molecule is COCCNC(=O)C[C@H]1C[C@@H]2c3cc(NC(=O)C4CCC4)ccc3O[C@@H]2[C@H](CO)O1. The number of benzene rings is 1. The Labute approximate surface area is 176 Å². The molecule has 0 radical (unpaired) electrons. The summed E-state index contributed by atoms with van der Waals surface area (Å²) in [7, 11) is 1.59. The molecule has 0 aromatic heterocycles. The second-order valence-electron chi connectivity index (χ2n) is 8.32. The summed E-state index contributed by atoms with van der Waals surface area (Å²) in [4.78, 5) is 24.5. The van der Waals surface area contributed by atoms with Crippen LogP contribution in [-0.2, 0) is 19.1 Å². The van der Waals surface area contributed by atoms with E-state index in [1.165, 1.54) is 0 Å². The first-order chi connectivity index (χ1) is 14.6. The second-order valence-corrected chi connectivity index (χ2v) is 8.32. The third kappa shape index (κ3) is 4.45. The van der Waals surface area contributed by atoms with Crippen LogP contribution in [0, 0.1) is 5.92 Å². The number of hydrogen-bond acceptors (Lipinski definition) is 6. The predicted molar refractivity (Wildman–Crippen MR) is 109 cm³/mol. The number of anilines is 1. The van der Waals surface area contributed by atoms with Gasteiger partial charge in [-0.05, 0) is 37.5 Å². The van der Waals surface area contributed by atoms with Crippen LogP contribution in [0.1, 0.15) is 43.6 Å². The van der Waals surface area contributed by atoms with Crippen molar-refractivity contribution in [1.82, 2.24) is 5.32 Å². The summed E-state index contributed by atoms with van der Waals surface area (Å²) >= 11 is 0. The lowest BCUT2D eigenvalue weighted by molar-refractivity contribution is -0.142. The minimum absolute atomic E-state index is 0.00299. The Morgan fingerprint density at radius 1 is 1.30 bits per heavy atom. The van der Waals surface area contributed by atoms with E-state index in [9.17, 15) is 14.7 Å². The van der Waals surface area contributed by atoms with E-state index in [0.717, 1.165) is 36.3 Å². The van der Waals surface area contributed by atoms with Crippen molar-refractivity contribution >= 4 is 17.5 Å². The molecule has 1 saturated heterocycles. The van der Waals surface area contributed by atoms with Gasteiger partial charge >= 0.3 is 0 Å². The molecule has 2 aliphatic heterocycles. The minimum Gasteiger partial charge on any atom is -0.487 e. The van der Waals surface area contributed by atoms with Gasteiger partial charge in [0, 0.05) is 36.7 Å². The summed E-state index contributed by atoms with van der Waals surface area (Å²) in [5.41, 5.74) is 1.76. The topological polar surface area (TPSA) is 106 Å². The third-order valence-electron chi connectivity index (χ3n) is 6.28. The first-order valence-electron chi connectivity index (χ1n) is 10.7. The average molecular weight is 418 g/mol. The Hall–Kier alpha value is -2.16. The molecule has 0 bridgehead atoms. The molecule has 0 unspecified atom stereocenters. The van der Waals surface area contributed by atoms with E-state index in [2.05, 4.69) is 10.6 Å². The Balaban J connectivity index is 1.44. The Morgan fingerprint density at radius 3 is 2.83 bits per heavy atom. The number of nitrogens with one attached hydrogen (secondary N) is 2. The summed E-state index contributed by atoms with van der Waals surface area (Å²) in [6.07, 6.45) is 2.75. The zero-order valence-electron chi connectivity index (χ0n) is 17.3. The number of aliphatic hydroxyl groups is 1. The summed E-state index contributed by atoms with van der Waals surface area (Å²) in [6.45, 7) is 0.730. The van der Waals surface area contributed by atoms with Gasteiger partial charge in [-0.25, -0.2) is 0 Å². The van der Waals surface area contributed by atoms with E-state index in [1.54, 1.807) is 7.11 Å². The van der Waals surface area contributed by atoms with Crippen LogP contribution in [0.3, 0.4) is 0 Å². The lowest BCUT2D eigenvalue weighted by atomic mass is 9.83. The quantitative estimate of drug-likeness (QED) is 0.554. The number of amides is 2. The van der Waals surface area contributed by atoms with E-state index >= 15 is 0 Å². The molecule has 8 heteroatoms. The molecule has 3 N–H and O–H groups in total. The number of aliphatic hydroxyl groups excluding tert-OH is 1. The number of carbonyl (C=O) groups excluding carboxylic acids is 2. The molecular weight excluding hydrogens is 388 g/mol. The largest absolute Gasteiger partial charge is 0.487 e. The van der Waals surface area contributed by atoms with Crippen molar-refractivity contribution in [3.8, 4) is 5.75 Å². The number of ether oxygens (including phenoxy) is 3. The Morgan fingerprint density at radius 2 is 2.13 bits per heavy atom. The van der Waals surface area contributed by atoms with Crippen LogP contribution in [0.15, 0.2) is 18.2 Å². The van der Waals surface area contributed by atoms with Crippen molar-refractivity contribution < 1.29 is 28.9 Å². The molecule has 2 heterocycles. The summed E-state index contributed by atoms with van der Waals surface area (Å²) in [5.74, 6) is 0.836. The molecule has 1 aliphatic carbocycles. The van der Waals surface area contributed by atoms with Crippen molar-refractivity contribution in [2.24, 2.45) is 5.92 Å². The summed E-state index contributed by atoms with van der Waals surface area (Å²) in [5, 5.41) is 15.7. The van der Waals surface area contributed by atoms with Gasteiger partial charge in [-0.3, -0.25) is 9.59 Å². The van der Waals surface area contributed by atoms with Crippen LogP contribution in [0.25, 0.3) is 0 Å². The molecule has 1 aromatic rings. The van der Waals surface area contributed by atoms with Crippen molar-refractivity contribution in [3.05, 3.63) is 23.8 Å². The highest BCUT2D eigenvalue weighted by molar-refractivity contribution is 5.93. The van der Waals surface area contributed by atoms with E-state index in [0.29, 0.717) is 19.6 Å². The standard InChI is InChI=1S/C22H30N2O6/c1-28-8-7-23-20(26)11-15-10-17-16-9-14(24-22(27)13-3-2-4-13)5-6-18(16)30-21(17)19(12-25)29-15/h5-6,9,13,15,17,19,21,25H,2-4,7-8,10-12H2,1H3,(H,23,26)(H,24,27)/t15-,17-,19+,21+/m1/s1. The lowest BCUT2D eigenvalue weighted by Gasteiger charge is -2.37. The van der Waals surface area contributed by atoms with E-state index in [1.807, 2.05) is 18.2 Å². The fraction of sp³-hybridized carbons (Fsp3) is 0.636. The number of methoxy groups -OCH3 is 1. The highest BCUT2D eigenvalue weighted by atomic mass is 16.6. The molecular formula is C22H30N2O6. The van der Waals surface area contributed by atoms with Crippen molar-refractivity contribution in [2.45, 2.75) is 56.3 Å². The number of fused-ring (bicyclic) bond motifs is 3. The van der Waals surface area contributed by atoms with E-state index in [4.69, 9.17) is 14.2 Å². The van der Waals surface area contributed by atoms with Crippen LogP contribution in [0.4, 0.5) is 5.69 Å². The van der Waals surface area contributed by atoms with Gasteiger partial charge in [0.25, 0.3) is 0 Å². The van der Waals surface area contributed by atoms with Crippen LogP contribution in [0.5, 0.6) is 5.75 Å². The van der Waals surface area contributed by atoms with Gasteiger partial charge in [0.15, 0.2) is 0 Å². The third-order valence-corrected chi connectivity index (χ3v) is 6.28. The molecule has 1 aromatic carbocycles. The fourth-order valence-corrected chi connectivity index (χ4v) is 4.45. The Bertz CT molecular complexity index is 781. The zero-order valence-corrected chi connectivity index (χ0v) is 17.3. The van der Waals surface area contributed by atoms with Crippen LogP contribution in [-0.4, -0.2) is 62.1 Å². The molecule has 1 saturated carbocycles. The van der Waals surface area contributed by atoms with Gasteiger partial charge in [0.2, 0.25) is 11.8 Å². The Kier molecular flexibility index (Phi) is 6.55. The normalized spacial score (nSPS) is 27.4. The van der Waals surface area contributed by atoms with Crippen LogP contribution < -0.4 is 15.4 Å². The zero-order chi connectivity index (χ0) is 21.1. The fourth-order valence-electron chi connectivity index (χ4n) is 4.45. The van der Waals surface area contributed by atoms with Gasteiger partial charge < -0.3 is 30.0 Å². The average Bonchev–Trinajstić information content (AvgIpc) is 3.04. The summed E-state index contributed by atoms with van der Waals surface area (Å²) < 4.78 is 17.0. The first-order valence-corrected chi connectivity index (χ1v) is 10.7. The maximum Gasteiger partial charge on any atom is 0.227 e. The van der Waals surface area contributed by atoms with E-state index < -0.39 is 6.10 Å². The smallest absolute Gasteiger partial charge is 0.227 e. The number of rotatable bonds is 8. The molecule has 30 heavy (non-hydrogen) atoms. The van der Waals surface area contributed by atoms with Gasteiger partial charge in [0.1, 0.15) is 18.0 Å². The molecule has 2 amide bonds. The van der Waals surface area contributed by atoms with Gasteiger partial charge in [-0.1, -0.05) is 6.42 Å². The van der Waals surface area contributed by atoms with Gasteiger partial charge in [-0.2, -0.15) is 0 Å². The van der Waals surface area contributed by atoms with Gasteiger partial charge in [-0.15, -0.1) is 0 Å². The monoisotopic (exact) mass is 418 g/mol. The highest BCUT2D eigenvalue weighted by Gasteiger charge is 2.46. The predicted octanol–water partition coefficient (Wildman–Crippen LogP) is 1.57. The van der Waals surface area contributed by atoms with E-state index in [-0.39, 0.29) is 48.9 Å². The molecule has 0 spiro atoms. The van der Waals surface area contributed by atoms with Crippen molar-refractivity contribution in [3.63, 3.8) is 0 Å². The van der Waals surface area contributed by atoms with Gasteiger partial charge in [0.05, 0.1) is 25.7 Å². The molecule has 3 aliphatic rings. The van der Waals surface area contributed by atoms with Crippen molar-refractivity contribution in [2.75, 3.05) is 32.2 Å². The highest BCUT2D eigenvalue weighted by Crippen LogP contribution is 2.47. The maximum absolute atomic E-state index is 12.3. The summed E-state index contributed by atoms with van der Waals surface area (Å²) in [6, 6.07) is 5.68. The number of hydrogen-bond donors (Lipinski definition) is 3. The first kappa shape index (κ1) is 21.1. The lowest BCUT2D eigenvalue weighted by Crippen LogP contribution is -2.47. The number of carbonyl (C=O) groups is 2. The minimum atomic E-state index is -0.499.